The molecule has 8 heteroatoms. The first-order valence-corrected chi connectivity index (χ1v) is 9.93. The topological polar surface area (TPSA) is 94.3 Å². The summed E-state index contributed by atoms with van der Waals surface area (Å²) in [6, 6.07) is 6.79. The third kappa shape index (κ3) is 5.10. The van der Waals surface area contributed by atoms with Crippen LogP contribution in [0.4, 0.5) is 0 Å². The molecule has 28 heavy (non-hydrogen) atoms. The van der Waals surface area contributed by atoms with Crippen LogP contribution in [0.25, 0.3) is 0 Å². The minimum absolute atomic E-state index is 0.0833. The second-order valence-corrected chi connectivity index (χ2v) is 7.50. The van der Waals surface area contributed by atoms with E-state index >= 15 is 0 Å². The predicted molar refractivity (Wildman–Crippen MR) is 103 cm³/mol. The van der Waals surface area contributed by atoms with Crippen LogP contribution in [0, 0.1) is 0 Å². The maximum atomic E-state index is 12.1. The van der Waals surface area contributed by atoms with Crippen LogP contribution in [0.1, 0.15) is 63.6 Å². The first kappa shape index (κ1) is 20.3. The Morgan fingerprint density at radius 3 is 2.61 bits per heavy atom. The van der Waals surface area contributed by atoms with Gasteiger partial charge in [-0.15, -0.1) is 0 Å². The van der Waals surface area contributed by atoms with Gasteiger partial charge in [0, 0.05) is 13.3 Å². The van der Waals surface area contributed by atoms with Gasteiger partial charge in [-0.25, -0.2) is 0 Å². The Morgan fingerprint density at radius 1 is 1.21 bits per heavy atom. The van der Waals surface area contributed by atoms with Gasteiger partial charge in [-0.1, -0.05) is 54.6 Å². The Kier molecular flexibility index (Phi) is 6.67. The van der Waals surface area contributed by atoms with Crippen molar-refractivity contribution < 1.29 is 18.8 Å². The number of carbonyl (C=O) groups is 2. The van der Waals surface area contributed by atoms with E-state index in [2.05, 4.69) is 15.5 Å². The number of para-hydroxylation sites is 1. The molecular formula is C20H24ClN3O4. The number of halogens is 1. The molecule has 1 aliphatic rings. The van der Waals surface area contributed by atoms with Crippen LogP contribution in [0.15, 0.2) is 28.8 Å². The van der Waals surface area contributed by atoms with Gasteiger partial charge >= 0.3 is 5.97 Å². The number of hydrogen-bond acceptors (Lipinski definition) is 6. The van der Waals surface area contributed by atoms with Gasteiger partial charge in [0.1, 0.15) is 11.3 Å². The highest BCUT2D eigenvalue weighted by Gasteiger charge is 2.38. The van der Waals surface area contributed by atoms with Gasteiger partial charge in [0.2, 0.25) is 11.8 Å². The summed E-state index contributed by atoms with van der Waals surface area (Å²) in [4.78, 5) is 28.3. The monoisotopic (exact) mass is 405 g/mol. The molecule has 1 heterocycles. The molecule has 1 amide bonds. The Morgan fingerprint density at radius 2 is 1.93 bits per heavy atom. The summed E-state index contributed by atoms with van der Waals surface area (Å²) in [6.45, 7) is 1.50. The van der Waals surface area contributed by atoms with Crippen molar-refractivity contribution >= 4 is 23.5 Å². The fourth-order valence-corrected chi connectivity index (χ4v) is 3.71. The lowest BCUT2D eigenvalue weighted by molar-refractivity contribution is -0.134. The average molecular weight is 406 g/mol. The van der Waals surface area contributed by atoms with E-state index in [0.29, 0.717) is 22.5 Å². The Bertz CT molecular complexity index is 828. The van der Waals surface area contributed by atoms with Crippen molar-refractivity contribution in [3.63, 3.8) is 0 Å². The van der Waals surface area contributed by atoms with Crippen molar-refractivity contribution in [1.29, 1.82) is 0 Å². The second-order valence-electron chi connectivity index (χ2n) is 7.09. The van der Waals surface area contributed by atoms with Gasteiger partial charge in [0.05, 0.1) is 11.4 Å². The molecule has 0 saturated heterocycles. The molecule has 0 spiro atoms. The van der Waals surface area contributed by atoms with Crippen molar-refractivity contribution in [2.75, 3.05) is 0 Å². The minimum Gasteiger partial charge on any atom is -0.425 e. The smallest absolute Gasteiger partial charge is 0.311 e. The van der Waals surface area contributed by atoms with E-state index in [-0.39, 0.29) is 18.7 Å². The van der Waals surface area contributed by atoms with Crippen molar-refractivity contribution in [2.24, 2.45) is 0 Å². The van der Waals surface area contributed by atoms with E-state index in [1.807, 2.05) is 0 Å². The predicted octanol–water partition coefficient (Wildman–Crippen LogP) is 3.95. The summed E-state index contributed by atoms with van der Waals surface area (Å²) in [5.74, 6) is 0.609. The number of ether oxygens (including phenoxy) is 1. The molecule has 2 aromatic rings. The van der Waals surface area contributed by atoms with Crippen LogP contribution in [-0.2, 0) is 21.5 Å². The van der Waals surface area contributed by atoms with E-state index < -0.39 is 11.5 Å². The van der Waals surface area contributed by atoms with Gasteiger partial charge < -0.3 is 14.6 Å². The van der Waals surface area contributed by atoms with Gasteiger partial charge in [0.25, 0.3) is 0 Å². The second kappa shape index (κ2) is 9.19. The lowest BCUT2D eigenvalue weighted by Crippen LogP contribution is -2.45. The van der Waals surface area contributed by atoms with E-state index in [1.54, 1.807) is 24.3 Å². The van der Waals surface area contributed by atoms with Crippen LogP contribution in [-0.4, -0.2) is 22.0 Å². The molecule has 0 atom stereocenters. The lowest BCUT2D eigenvalue weighted by atomic mass is 9.89. The van der Waals surface area contributed by atoms with Crippen LogP contribution in [0.2, 0.25) is 5.02 Å². The van der Waals surface area contributed by atoms with Gasteiger partial charge in [-0.3, -0.25) is 9.59 Å². The first-order valence-electron chi connectivity index (χ1n) is 9.55. The van der Waals surface area contributed by atoms with Crippen LogP contribution in [0.3, 0.4) is 0 Å². The lowest BCUT2D eigenvalue weighted by Gasteiger charge is -2.30. The maximum Gasteiger partial charge on any atom is 0.311 e. The molecule has 3 rings (SSSR count). The quantitative estimate of drug-likeness (QED) is 0.444. The maximum absolute atomic E-state index is 12.1. The summed E-state index contributed by atoms with van der Waals surface area (Å²) in [5.41, 5.74) is -0.595. The Labute approximate surface area is 168 Å². The number of aromatic nitrogens is 2. The number of hydrogen-bond donors (Lipinski definition) is 1. The summed E-state index contributed by atoms with van der Waals surface area (Å²) < 4.78 is 10.6. The van der Waals surface area contributed by atoms with Crippen molar-refractivity contribution in [1.82, 2.24) is 15.5 Å². The number of esters is 1. The van der Waals surface area contributed by atoms with E-state index in [1.165, 1.54) is 6.92 Å². The van der Waals surface area contributed by atoms with Crippen molar-refractivity contribution in [3.05, 3.63) is 41.0 Å². The first-order chi connectivity index (χ1) is 13.5. The number of carbonyl (C=O) groups excluding carboxylic acids is 2. The third-order valence-corrected chi connectivity index (χ3v) is 5.18. The fourth-order valence-electron chi connectivity index (χ4n) is 3.53. The Balaban J connectivity index is 1.64. The zero-order chi connectivity index (χ0) is 20.0. The summed E-state index contributed by atoms with van der Waals surface area (Å²) in [5, 5.41) is 7.52. The highest BCUT2D eigenvalue weighted by atomic mass is 35.5. The average Bonchev–Trinajstić information content (AvgIpc) is 3.02. The van der Waals surface area contributed by atoms with Crippen LogP contribution >= 0.6 is 11.6 Å². The number of nitrogens with one attached hydrogen (secondary N) is 1. The highest BCUT2D eigenvalue weighted by molar-refractivity contribution is 6.32. The molecule has 1 N–H and O–H groups in total. The summed E-state index contributed by atoms with van der Waals surface area (Å²) >= 11 is 5.99. The molecule has 150 valence electrons. The number of benzene rings is 1. The molecule has 7 nitrogen and oxygen atoms in total. The van der Waals surface area contributed by atoms with Gasteiger partial charge in [0.15, 0.2) is 5.82 Å². The molecule has 1 aromatic heterocycles. The van der Waals surface area contributed by atoms with Crippen molar-refractivity contribution in [3.8, 4) is 5.75 Å². The standard InChI is InChI=1S/C20H24ClN3O4/c1-14(25)23-20(12-6-2-3-7-13-20)19-22-17(28-24-19)10-11-18(26)27-16-9-5-4-8-15(16)21/h4-5,8-9H,2-3,6-7,10-13H2,1H3,(H,23,25). The van der Waals surface area contributed by atoms with E-state index in [0.717, 1.165) is 38.5 Å². The largest absolute Gasteiger partial charge is 0.425 e. The van der Waals surface area contributed by atoms with Crippen LogP contribution in [0.5, 0.6) is 5.75 Å². The normalized spacial score (nSPS) is 16.2. The molecule has 1 aromatic carbocycles. The number of aryl methyl sites for hydroxylation is 1. The molecule has 1 aliphatic carbocycles. The molecule has 0 radical (unpaired) electrons. The molecule has 1 fully saturated rings. The minimum atomic E-state index is -0.595. The summed E-state index contributed by atoms with van der Waals surface area (Å²) in [6.07, 6.45) is 6.13. The van der Waals surface area contributed by atoms with E-state index in [9.17, 15) is 9.59 Å². The van der Waals surface area contributed by atoms with Gasteiger partial charge in [-0.2, -0.15) is 4.98 Å². The zero-order valence-corrected chi connectivity index (χ0v) is 16.6. The van der Waals surface area contributed by atoms with Gasteiger partial charge in [-0.05, 0) is 25.0 Å². The number of amides is 1. The van der Waals surface area contributed by atoms with Crippen molar-refractivity contribution in [2.45, 2.75) is 63.8 Å². The molecule has 0 bridgehead atoms. The summed E-state index contributed by atoms with van der Waals surface area (Å²) in [7, 11) is 0. The SMILES string of the molecule is CC(=O)NC1(c2noc(CCC(=O)Oc3ccccc3Cl)n2)CCCCCC1. The molecule has 1 saturated carbocycles. The molecule has 0 aliphatic heterocycles. The Hall–Kier alpha value is -2.41. The molecular weight excluding hydrogens is 382 g/mol. The molecule has 0 unspecified atom stereocenters. The number of nitrogens with zero attached hydrogens (tertiary/aromatic N) is 2. The highest BCUT2D eigenvalue weighted by Crippen LogP contribution is 2.34. The van der Waals surface area contributed by atoms with E-state index in [4.69, 9.17) is 20.9 Å². The number of rotatable bonds is 6. The third-order valence-electron chi connectivity index (χ3n) is 4.87. The zero-order valence-electron chi connectivity index (χ0n) is 15.9. The van der Waals surface area contributed by atoms with Crippen LogP contribution < -0.4 is 10.1 Å². The fraction of sp³-hybridized carbons (Fsp3) is 0.500.